The molecule has 5 heteroatoms. The van der Waals surface area contributed by atoms with E-state index in [1.54, 1.807) is 28.2 Å². The average Bonchev–Trinajstić information content (AvgIpc) is 2.75. The van der Waals surface area contributed by atoms with Gasteiger partial charge >= 0.3 is 5.82 Å². The predicted octanol–water partition coefficient (Wildman–Crippen LogP) is 2.51. The van der Waals surface area contributed by atoms with Gasteiger partial charge in [-0.1, -0.05) is 0 Å². The third kappa shape index (κ3) is 1.67. The molecule has 2 aromatic heterocycles. The Morgan fingerprint density at radius 2 is 2.36 bits per heavy atom. The summed E-state index contributed by atoms with van der Waals surface area (Å²) in [6, 6.07) is 5.16. The van der Waals surface area contributed by atoms with Crippen molar-refractivity contribution in [2.45, 2.75) is 6.54 Å². The highest BCUT2D eigenvalue weighted by molar-refractivity contribution is 7.07. The first-order valence-corrected chi connectivity index (χ1v) is 5.02. The van der Waals surface area contributed by atoms with Crippen molar-refractivity contribution < 1.29 is 4.92 Å². The molecule has 72 valence electrons. The van der Waals surface area contributed by atoms with Gasteiger partial charge in [0.15, 0.2) is 0 Å². The van der Waals surface area contributed by atoms with Crippen LogP contribution in [0.2, 0.25) is 0 Å². The van der Waals surface area contributed by atoms with Gasteiger partial charge in [0, 0.05) is 11.6 Å². The van der Waals surface area contributed by atoms with Crippen molar-refractivity contribution in [3.05, 3.63) is 50.8 Å². The second-order valence-corrected chi connectivity index (χ2v) is 3.66. The molecule has 0 amide bonds. The van der Waals surface area contributed by atoms with Gasteiger partial charge in [0.2, 0.25) is 0 Å². The molecule has 0 bridgehead atoms. The van der Waals surface area contributed by atoms with Gasteiger partial charge in [0.05, 0.1) is 6.20 Å². The molecule has 2 rings (SSSR count). The molecule has 0 saturated carbocycles. The summed E-state index contributed by atoms with van der Waals surface area (Å²) in [7, 11) is 0. The molecule has 0 saturated heterocycles. The zero-order valence-electron chi connectivity index (χ0n) is 7.29. The second-order valence-electron chi connectivity index (χ2n) is 2.88. The van der Waals surface area contributed by atoms with Gasteiger partial charge in [0.1, 0.15) is 6.54 Å². The normalized spacial score (nSPS) is 10.3. The van der Waals surface area contributed by atoms with Crippen LogP contribution < -0.4 is 0 Å². The standard InChI is InChI=1S/C9H8N2O2S/c12-11(13)9-2-1-4-10(9)6-8-3-5-14-7-8/h1-5,7H,6H2. The minimum Gasteiger partial charge on any atom is -0.358 e. The number of thiophene rings is 1. The molecule has 2 heterocycles. The fourth-order valence-electron chi connectivity index (χ4n) is 1.28. The average molecular weight is 208 g/mol. The largest absolute Gasteiger partial charge is 0.358 e. The van der Waals surface area contributed by atoms with Crippen molar-refractivity contribution >= 4 is 17.2 Å². The van der Waals surface area contributed by atoms with Crippen molar-refractivity contribution in [1.82, 2.24) is 4.57 Å². The van der Waals surface area contributed by atoms with Gasteiger partial charge in [-0.3, -0.25) is 0 Å². The fraction of sp³-hybridized carbons (Fsp3) is 0.111. The Morgan fingerprint density at radius 3 is 3.00 bits per heavy atom. The molecule has 0 aliphatic rings. The lowest BCUT2D eigenvalue weighted by molar-refractivity contribution is -0.391. The van der Waals surface area contributed by atoms with Crippen molar-refractivity contribution in [2.75, 3.05) is 0 Å². The predicted molar refractivity (Wildman–Crippen MR) is 54.5 cm³/mol. The lowest BCUT2D eigenvalue weighted by Gasteiger charge is -1.99. The Hall–Kier alpha value is -1.62. The van der Waals surface area contributed by atoms with Gasteiger partial charge in [-0.15, -0.1) is 0 Å². The molecule has 4 nitrogen and oxygen atoms in total. The molecule has 0 spiro atoms. The molecule has 0 unspecified atom stereocenters. The maximum Gasteiger partial charge on any atom is 0.323 e. The number of hydrogen-bond donors (Lipinski definition) is 0. The zero-order valence-corrected chi connectivity index (χ0v) is 8.11. The number of nitro groups is 1. The first-order valence-electron chi connectivity index (χ1n) is 4.08. The summed E-state index contributed by atoms with van der Waals surface area (Å²) in [6.07, 6.45) is 1.72. The van der Waals surface area contributed by atoms with E-state index in [1.807, 2.05) is 16.8 Å². The maximum absolute atomic E-state index is 10.6. The number of aromatic nitrogens is 1. The second kappa shape index (κ2) is 3.63. The molecule has 14 heavy (non-hydrogen) atoms. The van der Waals surface area contributed by atoms with E-state index in [9.17, 15) is 10.1 Å². The number of hydrogen-bond acceptors (Lipinski definition) is 3. The van der Waals surface area contributed by atoms with Crippen LogP contribution in [0.15, 0.2) is 35.2 Å². The number of rotatable bonds is 3. The summed E-state index contributed by atoms with van der Waals surface area (Å²) >= 11 is 1.59. The van der Waals surface area contributed by atoms with Crippen LogP contribution in [0.1, 0.15) is 5.56 Å². The molecule has 0 fully saturated rings. The smallest absolute Gasteiger partial charge is 0.323 e. The SMILES string of the molecule is O=[N+]([O-])c1cccn1Cc1ccsc1. The van der Waals surface area contributed by atoms with Crippen LogP contribution >= 0.6 is 11.3 Å². The van der Waals surface area contributed by atoms with Crippen LogP contribution in [0, 0.1) is 10.1 Å². The topological polar surface area (TPSA) is 48.1 Å². The number of nitrogens with zero attached hydrogens (tertiary/aromatic N) is 2. The summed E-state index contributed by atoms with van der Waals surface area (Å²) in [6.45, 7) is 0.562. The molecule has 0 N–H and O–H groups in total. The van der Waals surface area contributed by atoms with Crippen LogP contribution in [0.25, 0.3) is 0 Å². The highest BCUT2D eigenvalue weighted by atomic mass is 32.1. The van der Waals surface area contributed by atoms with Crippen molar-refractivity contribution in [1.29, 1.82) is 0 Å². The Kier molecular flexibility index (Phi) is 2.32. The third-order valence-corrected chi connectivity index (χ3v) is 2.66. The first kappa shape index (κ1) is 8.96. The maximum atomic E-state index is 10.6. The molecule has 0 atom stereocenters. The van der Waals surface area contributed by atoms with E-state index in [2.05, 4.69) is 0 Å². The Balaban J connectivity index is 2.25. The lowest BCUT2D eigenvalue weighted by atomic mass is 10.3. The summed E-state index contributed by atoms with van der Waals surface area (Å²) in [4.78, 5) is 10.2. The highest BCUT2D eigenvalue weighted by Gasteiger charge is 2.11. The fourth-order valence-corrected chi connectivity index (χ4v) is 1.94. The Bertz CT molecular complexity index is 433. The minimum atomic E-state index is -0.369. The Morgan fingerprint density at radius 1 is 1.50 bits per heavy atom. The first-order chi connectivity index (χ1) is 6.77. The molecule has 0 aliphatic heterocycles. The van der Waals surface area contributed by atoms with Crippen LogP contribution in [-0.4, -0.2) is 9.49 Å². The molecule has 0 aliphatic carbocycles. The molecule has 2 aromatic rings. The van der Waals surface area contributed by atoms with E-state index in [-0.39, 0.29) is 10.7 Å². The van der Waals surface area contributed by atoms with Crippen LogP contribution in [0.3, 0.4) is 0 Å². The monoisotopic (exact) mass is 208 g/mol. The summed E-state index contributed by atoms with van der Waals surface area (Å²) in [5, 5.41) is 14.6. The third-order valence-electron chi connectivity index (χ3n) is 1.93. The van der Waals surface area contributed by atoms with Gasteiger partial charge in [-0.25, -0.2) is 4.57 Å². The van der Waals surface area contributed by atoms with E-state index >= 15 is 0 Å². The van der Waals surface area contributed by atoms with E-state index in [1.165, 1.54) is 6.07 Å². The zero-order chi connectivity index (χ0) is 9.97. The Labute approximate surface area is 84.6 Å². The van der Waals surface area contributed by atoms with E-state index in [0.29, 0.717) is 6.54 Å². The van der Waals surface area contributed by atoms with Crippen LogP contribution in [0.4, 0.5) is 5.82 Å². The summed E-state index contributed by atoms with van der Waals surface area (Å²) < 4.78 is 1.63. The van der Waals surface area contributed by atoms with Gasteiger partial charge < -0.3 is 10.1 Å². The van der Waals surface area contributed by atoms with Crippen molar-refractivity contribution in [2.24, 2.45) is 0 Å². The van der Waals surface area contributed by atoms with E-state index < -0.39 is 0 Å². The van der Waals surface area contributed by atoms with E-state index in [4.69, 9.17) is 0 Å². The summed E-state index contributed by atoms with van der Waals surface area (Å²) in [5.41, 5.74) is 1.09. The van der Waals surface area contributed by atoms with Crippen LogP contribution in [0.5, 0.6) is 0 Å². The van der Waals surface area contributed by atoms with Gasteiger partial charge in [-0.05, 0) is 27.8 Å². The van der Waals surface area contributed by atoms with E-state index in [0.717, 1.165) is 5.56 Å². The van der Waals surface area contributed by atoms with Crippen molar-refractivity contribution in [3.63, 3.8) is 0 Å². The highest BCUT2D eigenvalue weighted by Crippen LogP contribution is 2.15. The van der Waals surface area contributed by atoms with Crippen molar-refractivity contribution in [3.8, 4) is 0 Å². The molecular weight excluding hydrogens is 200 g/mol. The van der Waals surface area contributed by atoms with Gasteiger partial charge in [-0.2, -0.15) is 11.3 Å². The van der Waals surface area contributed by atoms with Crippen LogP contribution in [-0.2, 0) is 6.54 Å². The van der Waals surface area contributed by atoms with Gasteiger partial charge in [0.25, 0.3) is 0 Å². The molecular formula is C9H8N2O2S. The lowest BCUT2D eigenvalue weighted by Crippen LogP contribution is -2.01. The molecule has 0 aromatic carbocycles. The molecule has 0 radical (unpaired) electrons. The summed E-state index contributed by atoms with van der Waals surface area (Å²) in [5.74, 6) is 0.135. The minimum absolute atomic E-state index is 0.135. The quantitative estimate of drug-likeness (QED) is 0.574.